The molecule has 0 unspecified atom stereocenters. The van der Waals surface area contributed by atoms with Gasteiger partial charge in [-0.25, -0.2) is 4.98 Å². The molecule has 6 heteroatoms. The van der Waals surface area contributed by atoms with Crippen molar-refractivity contribution in [2.75, 3.05) is 18.4 Å². The van der Waals surface area contributed by atoms with Crippen LogP contribution in [0.5, 0.6) is 0 Å². The van der Waals surface area contributed by atoms with Crippen LogP contribution in [0.3, 0.4) is 0 Å². The molecule has 1 aliphatic heterocycles. The van der Waals surface area contributed by atoms with E-state index in [0.717, 1.165) is 0 Å². The molecule has 1 aromatic heterocycles. The Morgan fingerprint density at radius 3 is 2.87 bits per heavy atom. The summed E-state index contributed by atoms with van der Waals surface area (Å²) in [6.07, 6.45) is 1.64. The van der Waals surface area contributed by atoms with Crippen molar-refractivity contribution in [3.8, 4) is 0 Å². The summed E-state index contributed by atoms with van der Waals surface area (Å²) in [6, 6.07) is 0. The van der Waals surface area contributed by atoms with Crippen LogP contribution in [0.1, 0.15) is 6.92 Å². The molecule has 80 valence electrons. The monoisotopic (exact) mass is 225 g/mol. The minimum absolute atomic E-state index is 0.0216. The first-order valence-corrected chi connectivity index (χ1v) is 5.50. The lowest BCUT2D eigenvalue weighted by molar-refractivity contribution is -0.139. The molecule has 15 heavy (non-hydrogen) atoms. The van der Waals surface area contributed by atoms with Crippen LogP contribution in [0.15, 0.2) is 11.6 Å². The van der Waals surface area contributed by atoms with Crippen LogP contribution >= 0.6 is 11.3 Å². The highest BCUT2D eigenvalue weighted by Crippen LogP contribution is 2.18. The van der Waals surface area contributed by atoms with Gasteiger partial charge in [-0.1, -0.05) is 0 Å². The summed E-state index contributed by atoms with van der Waals surface area (Å²) in [5, 5.41) is 5.13. The van der Waals surface area contributed by atoms with Gasteiger partial charge in [-0.15, -0.1) is 11.3 Å². The first-order valence-electron chi connectivity index (χ1n) is 4.62. The minimum Gasteiger partial charge on any atom is -0.341 e. The van der Waals surface area contributed by atoms with E-state index in [1.807, 2.05) is 0 Å². The molecule has 2 heterocycles. The number of anilines is 1. The van der Waals surface area contributed by atoms with E-state index in [0.29, 0.717) is 18.2 Å². The van der Waals surface area contributed by atoms with Crippen molar-refractivity contribution >= 4 is 28.3 Å². The maximum Gasteiger partial charge on any atom is 0.232 e. The molecule has 1 aliphatic rings. The largest absolute Gasteiger partial charge is 0.341 e. The second kappa shape index (κ2) is 3.98. The first-order chi connectivity index (χ1) is 7.16. The number of amides is 2. The predicted molar refractivity (Wildman–Crippen MR) is 56.5 cm³/mol. The van der Waals surface area contributed by atoms with Gasteiger partial charge < -0.3 is 10.2 Å². The number of nitrogens with zero attached hydrogens (tertiary/aromatic N) is 2. The fourth-order valence-electron chi connectivity index (χ4n) is 1.39. The highest BCUT2D eigenvalue weighted by Gasteiger charge is 2.34. The zero-order valence-electron chi connectivity index (χ0n) is 8.27. The van der Waals surface area contributed by atoms with E-state index in [1.54, 1.807) is 16.5 Å². The zero-order valence-corrected chi connectivity index (χ0v) is 9.08. The van der Waals surface area contributed by atoms with Crippen molar-refractivity contribution in [1.82, 2.24) is 9.88 Å². The van der Waals surface area contributed by atoms with Crippen molar-refractivity contribution in [3.05, 3.63) is 11.6 Å². The summed E-state index contributed by atoms with van der Waals surface area (Å²) in [5.74, 6) is -0.117. The van der Waals surface area contributed by atoms with E-state index < -0.39 is 0 Å². The topological polar surface area (TPSA) is 62.3 Å². The lowest BCUT2D eigenvalue weighted by Crippen LogP contribution is -2.53. The van der Waals surface area contributed by atoms with E-state index in [9.17, 15) is 9.59 Å². The van der Waals surface area contributed by atoms with Crippen molar-refractivity contribution < 1.29 is 9.59 Å². The molecule has 1 aromatic rings. The average molecular weight is 225 g/mol. The number of carbonyl (C=O) groups is 2. The Hall–Kier alpha value is -1.43. The SMILES string of the molecule is CC(=O)N1CC(C(=O)Nc2nccs2)C1. The van der Waals surface area contributed by atoms with Gasteiger partial charge in [0.1, 0.15) is 0 Å². The van der Waals surface area contributed by atoms with E-state index in [1.165, 1.54) is 18.3 Å². The molecule has 1 saturated heterocycles. The van der Waals surface area contributed by atoms with E-state index >= 15 is 0 Å². The van der Waals surface area contributed by atoms with Crippen LogP contribution in [-0.4, -0.2) is 34.8 Å². The van der Waals surface area contributed by atoms with Gasteiger partial charge in [0.2, 0.25) is 11.8 Å². The molecular weight excluding hydrogens is 214 g/mol. The van der Waals surface area contributed by atoms with Crippen LogP contribution in [0.4, 0.5) is 5.13 Å². The van der Waals surface area contributed by atoms with Crippen molar-refractivity contribution in [3.63, 3.8) is 0 Å². The number of rotatable bonds is 2. The highest BCUT2D eigenvalue weighted by molar-refractivity contribution is 7.13. The Morgan fingerprint density at radius 2 is 2.33 bits per heavy atom. The summed E-state index contributed by atoms with van der Waals surface area (Å²) in [7, 11) is 0. The molecule has 2 amide bonds. The maximum atomic E-state index is 11.6. The third-order valence-electron chi connectivity index (χ3n) is 2.36. The van der Waals surface area contributed by atoms with Gasteiger partial charge in [0.05, 0.1) is 5.92 Å². The fraction of sp³-hybridized carbons (Fsp3) is 0.444. The van der Waals surface area contributed by atoms with Crippen molar-refractivity contribution in [1.29, 1.82) is 0 Å². The van der Waals surface area contributed by atoms with E-state index in [2.05, 4.69) is 10.3 Å². The van der Waals surface area contributed by atoms with Crippen LogP contribution in [0.2, 0.25) is 0 Å². The third-order valence-corrected chi connectivity index (χ3v) is 3.05. The van der Waals surface area contributed by atoms with Crippen LogP contribution in [0.25, 0.3) is 0 Å². The minimum atomic E-state index is -0.0854. The fourth-order valence-corrected chi connectivity index (χ4v) is 1.93. The number of aromatic nitrogens is 1. The van der Waals surface area contributed by atoms with Gasteiger partial charge >= 0.3 is 0 Å². The van der Waals surface area contributed by atoms with E-state index in [-0.39, 0.29) is 17.7 Å². The molecule has 0 saturated carbocycles. The van der Waals surface area contributed by atoms with Crippen LogP contribution in [0, 0.1) is 5.92 Å². The molecule has 0 spiro atoms. The Labute approximate surface area is 91.1 Å². The Bertz CT molecular complexity index is 371. The Balaban J connectivity index is 1.82. The normalized spacial score (nSPS) is 15.9. The van der Waals surface area contributed by atoms with Gasteiger partial charge in [-0.2, -0.15) is 0 Å². The van der Waals surface area contributed by atoms with Gasteiger partial charge in [0.25, 0.3) is 0 Å². The summed E-state index contributed by atoms with van der Waals surface area (Å²) < 4.78 is 0. The number of hydrogen-bond donors (Lipinski definition) is 1. The number of likely N-dealkylation sites (tertiary alicyclic amines) is 1. The third kappa shape index (κ3) is 2.15. The smallest absolute Gasteiger partial charge is 0.232 e. The van der Waals surface area contributed by atoms with Gasteiger partial charge in [-0.3, -0.25) is 9.59 Å². The van der Waals surface area contributed by atoms with Gasteiger partial charge in [-0.05, 0) is 0 Å². The molecule has 5 nitrogen and oxygen atoms in total. The summed E-state index contributed by atoms with van der Waals surface area (Å²) in [4.78, 5) is 28.1. The quantitative estimate of drug-likeness (QED) is 0.800. The molecule has 0 bridgehead atoms. The van der Waals surface area contributed by atoms with Gasteiger partial charge in [0, 0.05) is 31.6 Å². The summed E-state index contributed by atoms with van der Waals surface area (Å²) in [6.45, 7) is 2.55. The molecule has 0 atom stereocenters. The Kier molecular flexibility index (Phi) is 2.68. The highest BCUT2D eigenvalue weighted by atomic mass is 32.1. The number of hydrogen-bond acceptors (Lipinski definition) is 4. The molecule has 1 fully saturated rings. The molecule has 0 radical (unpaired) electrons. The van der Waals surface area contributed by atoms with Crippen molar-refractivity contribution in [2.45, 2.75) is 6.92 Å². The lowest BCUT2D eigenvalue weighted by Gasteiger charge is -2.37. The second-order valence-corrected chi connectivity index (χ2v) is 4.34. The molecular formula is C9H11N3O2S. The predicted octanol–water partition coefficient (Wildman–Crippen LogP) is 0.560. The lowest BCUT2D eigenvalue weighted by atomic mass is 9.99. The standard InChI is InChI=1S/C9H11N3O2S/c1-6(13)12-4-7(5-12)8(14)11-9-10-2-3-15-9/h2-3,7H,4-5H2,1H3,(H,10,11,14). The van der Waals surface area contributed by atoms with E-state index in [4.69, 9.17) is 0 Å². The second-order valence-electron chi connectivity index (χ2n) is 3.45. The van der Waals surface area contributed by atoms with Crippen molar-refractivity contribution in [2.24, 2.45) is 5.92 Å². The van der Waals surface area contributed by atoms with Crippen LogP contribution in [-0.2, 0) is 9.59 Å². The van der Waals surface area contributed by atoms with Gasteiger partial charge in [0.15, 0.2) is 5.13 Å². The number of thiazole rings is 1. The molecule has 0 aromatic carbocycles. The molecule has 0 aliphatic carbocycles. The zero-order chi connectivity index (χ0) is 10.8. The first kappa shape index (κ1) is 10.1. The van der Waals surface area contributed by atoms with Crippen LogP contribution < -0.4 is 5.32 Å². The number of carbonyl (C=O) groups excluding carboxylic acids is 2. The summed E-state index contributed by atoms with van der Waals surface area (Å²) in [5.41, 5.74) is 0. The molecule has 1 N–H and O–H groups in total. The summed E-state index contributed by atoms with van der Waals surface area (Å²) >= 11 is 1.39. The average Bonchev–Trinajstić information content (AvgIpc) is 2.52. The number of nitrogens with one attached hydrogen (secondary N) is 1. The Morgan fingerprint density at radius 1 is 1.60 bits per heavy atom. The maximum absolute atomic E-state index is 11.6. The molecule has 2 rings (SSSR count).